The Bertz CT molecular complexity index is 1690. The minimum absolute atomic E-state index is 0.138. The maximum atomic E-state index is 14.7. The molecule has 240 valence electrons. The van der Waals surface area contributed by atoms with Crippen LogP contribution in [-0.2, 0) is 32.5 Å². The Kier molecular flexibility index (Phi) is 9.54. The van der Waals surface area contributed by atoms with Gasteiger partial charge in [0.25, 0.3) is 0 Å². The summed E-state index contributed by atoms with van der Waals surface area (Å²) < 4.78 is 42.8. The van der Waals surface area contributed by atoms with Crippen molar-refractivity contribution in [1.29, 1.82) is 0 Å². The van der Waals surface area contributed by atoms with Gasteiger partial charge in [0.15, 0.2) is 21.3 Å². The summed E-state index contributed by atoms with van der Waals surface area (Å²) in [7, 11) is 0.629. The zero-order valence-electron chi connectivity index (χ0n) is 26.2. The molecule has 5 rings (SSSR count). The molecule has 2 atom stereocenters. The Morgan fingerprint density at radius 2 is 1.64 bits per heavy atom. The van der Waals surface area contributed by atoms with Crippen molar-refractivity contribution in [3.63, 3.8) is 0 Å². The number of fused-ring (bicyclic) bond motifs is 1. The highest BCUT2D eigenvalue weighted by molar-refractivity contribution is 7.92. The third kappa shape index (κ3) is 6.57. The van der Waals surface area contributed by atoms with E-state index in [9.17, 15) is 18.0 Å². The van der Waals surface area contributed by atoms with E-state index in [1.165, 1.54) is 24.8 Å². The number of hydrogen-bond donors (Lipinski definition) is 3. The summed E-state index contributed by atoms with van der Waals surface area (Å²) in [4.78, 5) is 28.6. The van der Waals surface area contributed by atoms with E-state index in [1.54, 1.807) is 51.2 Å². The number of likely N-dealkylation sites (tertiary alicyclic amines) is 1. The minimum Gasteiger partial charge on any atom is -0.493 e. The first kappa shape index (κ1) is 32.1. The Hall–Kier alpha value is -4.29. The molecule has 2 aliphatic rings. The molecule has 0 aliphatic carbocycles. The van der Waals surface area contributed by atoms with Gasteiger partial charge in [-0.1, -0.05) is 12.1 Å². The maximum absolute atomic E-state index is 14.7. The lowest BCUT2D eigenvalue weighted by molar-refractivity contribution is -0.133. The molecule has 0 aromatic heterocycles. The standard InChI is InChI=1S/C33H40N4O7S/c1-20(2)45(40,41)30-13-11-25(36-33(39)44-5)17-26(30)27-7-6-14-37(27)32(38)31(21-9-12-28(42-3)29(16-21)43-4)35-24-10-8-22-18-34-19-23(22)15-24/h8-13,15-17,20,27,31,34-35H,6-7,14,18-19H2,1-5H3,(H,36,39)/t27-,31?/m1/s1. The molecule has 1 fully saturated rings. The topological polar surface area (TPSA) is 135 Å². The van der Waals surface area contributed by atoms with E-state index >= 15 is 0 Å². The maximum Gasteiger partial charge on any atom is 0.411 e. The Labute approximate surface area is 264 Å². The molecule has 3 N–H and O–H groups in total. The smallest absolute Gasteiger partial charge is 0.411 e. The highest BCUT2D eigenvalue weighted by Gasteiger charge is 2.38. The van der Waals surface area contributed by atoms with Crippen molar-refractivity contribution in [2.24, 2.45) is 0 Å². The zero-order chi connectivity index (χ0) is 32.3. The molecule has 2 aliphatic heterocycles. The first-order valence-corrected chi connectivity index (χ1v) is 16.5. The van der Waals surface area contributed by atoms with Gasteiger partial charge in [0.2, 0.25) is 5.91 Å². The largest absolute Gasteiger partial charge is 0.493 e. The second-order valence-corrected chi connectivity index (χ2v) is 13.9. The molecule has 12 heteroatoms. The van der Waals surface area contributed by atoms with Gasteiger partial charge in [0.1, 0.15) is 6.04 Å². The summed E-state index contributed by atoms with van der Waals surface area (Å²) in [5.74, 6) is 0.800. The average Bonchev–Trinajstić information content (AvgIpc) is 3.72. The first-order chi connectivity index (χ1) is 21.6. The number of methoxy groups -OCH3 is 3. The number of nitrogens with one attached hydrogen (secondary N) is 3. The molecule has 1 saturated heterocycles. The number of ether oxygens (including phenoxy) is 3. The molecule has 2 amide bonds. The number of anilines is 2. The fourth-order valence-electron chi connectivity index (χ4n) is 5.96. The van der Waals surface area contributed by atoms with E-state index in [0.717, 1.165) is 24.3 Å². The SMILES string of the molecule is COC(=O)Nc1ccc(S(=O)(=O)C(C)C)c([C@H]2CCCN2C(=O)C(Nc2ccc3c(c2)CNC3)c2ccc(OC)c(OC)c2)c1. The van der Waals surface area contributed by atoms with Crippen molar-refractivity contribution in [1.82, 2.24) is 10.2 Å². The fourth-order valence-corrected chi connectivity index (χ4v) is 7.25. The van der Waals surface area contributed by atoms with E-state index in [4.69, 9.17) is 14.2 Å². The second-order valence-electron chi connectivity index (χ2n) is 11.4. The highest BCUT2D eigenvalue weighted by Crippen LogP contribution is 2.41. The predicted molar refractivity (Wildman–Crippen MR) is 171 cm³/mol. The van der Waals surface area contributed by atoms with Gasteiger partial charge in [0, 0.05) is 31.0 Å². The van der Waals surface area contributed by atoms with E-state index in [-0.39, 0.29) is 10.8 Å². The van der Waals surface area contributed by atoms with Gasteiger partial charge in [-0.2, -0.15) is 0 Å². The van der Waals surface area contributed by atoms with Gasteiger partial charge in [-0.05, 0) is 91.4 Å². The van der Waals surface area contributed by atoms with E-state index in [1.807, 2.05) is 18.2 Å². The Morgan fingerprint density at radius 1 is 0.911 bits per heavy atom. The van der Waals surface area contributed by atoms with Gasteiger partial charge in [-0.15, -0.1) is 0 Å². The number of sulfone groups is 1. The molecule has 0 bridgehead atoms. The summed E-state index contributed by atoms with van der Waals surface area (Å²) in [5.41, 5.74) is 4.66. The van der Waals surface area contributed by atoms with Crippen LogP contribution < -0.4 is 25.4 Å². The van der Waals surface area contributed by atoms with Crippen LogP contribution in [-0.4, -0.2) is 58.4 Å². The molecule has 45 heavy (non-hydrogen) atoms. The lowest BCUT2D eigenvalue weighted by Crippen LogP contribution is -2.38. The number of hydrogen-bond acceptors (Lipinski definition) is 9. The second kappa shape index (κ2) is 13.4. The third-order valence-corrected chi connectivity index (χ3v) is 10.6. The van der Waals surface area contributed by atoms with Crippen LogP contribution in [0, 0.1) is 0 Å². The molecule has 0 spiro atoms. The Balaban J connectivity index is 1.57. The quantitative estimate of drug-likeness (QED) is 0.275. The first-order valence-electron chi connectivity index (χ1n) is 14.9. The van der Waals surface area contributed by atoms with Gasteiger partial charge < -0.3 is 29.7 Å². The Morgan fingerprint density at radius 3 is 2.36 bits per heavy atom. The minimum atomic E-state index is -3.72. The number of rotatable bonds is 10. The molecular formula is C33H40N4O7S. The summed E-state index contributed by atoms with van der Waals surface area (Å²) in [6, 6.07) is 14.7. The summed E-state index contributed by atoms with van der Waals surface area (Å²) in [5, 5.41) is 8.76. The number of amides is 2. The number of benzene rings is 3. The monoisotopic (exact) mass is 636 g/mol. The molecule has 0 saturated carbocycles. The van der Waals surface area contributed by atoms with Crippen LogP contribution in [0.25, 0.3) is 0 Å². The number of carbonyl (C=O) groups excluding carboxylic acids is 2. The van der Waals surface area contributed by atoms with Crippen molar-refractivity contribution in [2.45, 2.75) is 62.0 Å². The van der Waals surface area contributed by atoms with Gasteiger partial charge >= 0.3 is 6.09 Å². The lowest BCUT2D eigenvalue weighted by Gasteiger charge is -2.32. The van der Waals surface area contributed by atoms with Crippen molar-refractivity contribution in [3.05, 3.63) is 76.9 Å². The van der Waals surface area contributed by atoms with Crippen LogP contribution in [0.5, 0.6) is 11.5 Å². The van der Waals surface area contributed by atoms with Crippen LogP contribution in [0.3, 0.4) is 0 Å². The van der Waals surface area contributed by atoms with Crippen LogP contribution in [0.4, 0.5) is 16.2 Å². The molecule has 11 nitrogen and oxygen atoms in total. The molecule has 1 unspecified atom stereocenters. The van der Waals surface area contributed by atoms with Gasteiger partial charge in [0.05, 0.1) is 37.5 Å². The number of carbonyl (C=O) groups is 2. The third-order valence-electron chi connectivity index (χ3n) is 8.40. The van der Waals surface area contributed by atoms with Gasteiger partial charge in [-0.25, -0.2) is 13.2 Å². The summed E-state index contributed by atoms with van der Waals surface area (Å²) in [6.45, 7) is 5.23. The van der Waals surface area contributed by atoms with E-state index in [2.05, 4.69) is 22.0 Å². The van der Waals surface area contributed by atoms with Crippen molar-refractivity contribution in [2.75, 3.05) is 38.5 Å². The summed E-state index contributed by atoms with van der Waals surface area (Å²) in [6.07, 6.45) is 0.550. The zero-order valence-corrected chi connectivity index (χ0v) is 27.0. The molecular weight excluding hydrogens is 596 g/mol. The van der Waals surface area contributed by atoms with Crippen LogP contribution in [0.15, 0.2) is 59.5 Å². The van der Waals surface area contributed by atoms with Crippen molar-refractivity contribution < 1.29 is 32.2 Å². The predicted octanol–water partition coefficient (Wildman–Crippen LogP) is 5.18. The molecule has 3 aromatic rings. The highest BCUT2D eigenvalue weighted by atomic mass is 32.2. The van der Waals surface area contributed by atoms with E-state index in [0.29, 0.717) is 47.7 Å². The molecule has 2 heterocycles. The van der Waals surface area contributed by atoms with Crippen molar-refractivity contribution >= 4 is 33.2 Å². The average molecular weight is 637 g/mol. The molecule has 3 aromatic carbocycles. The molecule has 0 radical (unpaired) electrons. The summed E-state index contributed by atoms with van der Waals surface area (Å²) >= 11 is 0. The van der Waals surface area contributed by atoms with Crippen LogP contribution in [0.1, 0.15) is 61.0 Å². The number of nitrogens with zero attached hydrogens (tertiary/aromatic N) is 1. The fraction of sp³-hybridized carbons (Fsp3) is 0.394. The van der Waals surface area contributed by atoms with Gasteiger partial charge in [-0.3, -0.25) is 10.1 Å². The van der Waals surface area contributed by atoms with Crippen LogP contribution >= 0.6 is 0 Å². The normalized spacial score (nSPS) is 16.7. The van der Waals surface area contributed by atoms with E-state index < -0.39 is 33.3 Å². The van der Waals surface area contributed by atoms with Crippen molar-refractivity contribution in [3.8, 4) is 11.5 Å². The van der Waals surface area contributed by atoms with Crippen LogP contribution in [0.2, 0.25) is 0 Å². The lowest BCUT2D eigenvalue weighted by atomic mass is 10.00.